The molecule has 0 saturated heterocycles. The van der Waals surface area contributed by atoms with Crippen LogP contribution < -0.4 is 10.5 Å². The summed E-state index contributed by atoms with van der Waals surface area (Å²) >= 11 is 0. The highest BCUT2D eigenvalue weighted by molar-refractivity contribution is 5.92. The number of hydrogen-bond donors (Lipinski definition) is 3. The molecule has 0 amide bonds. The molecule has 0 bridgehead atoms. The van der Waals surface area contributed by atoms with Crippen molar-refractivity contribution >= 4 is 17.3 Å². The van der Waals surface area contributed by atoms with Crippen LogP contribution in [-0.4, -0.2) is 33.2 Å². The molecule has 9 nitrogen and oxygen atoms in total. The van der Waals surface area contributed by atoms with E-state index < -0.39 is 28.6 Å². The monoisotopic (exact) mass is 366 g/mol. The summed E-state index contributed by atoms with van der Waals surface area (Å²) in [6, 6.07) is 2.97. The van der Waals surface area contributed by atoms with Crippen molar-refractivity contribution < 1.29 is 25.1 Å². The first-order valence-corrected chi connectivity index (χ1v) is 8.34. The van der Waals surface area contributed by atoms with E-state index in [4.69, 9.17) is 15.2 Å². The molecule has 0 spiro atoms. The summed E-state index contributed by atoms with van der Waals surface area (Å²) in [5.74, 6) is -0.125. The Balaban J connectivity index is 1.81. The number of fused-ring (bicyclic) bond motifs is 1. The Bertz CT molecular complexity index is 691. The number of carbonyl (C=O) groups is 1. The van der Waals surface area contributed by atoms with Gasteiger partial charge < -0.3 is 25.5 Å². The van der Waals surface area contributed by atoms with Crippen LogP contribution in [0.1, 0.15) is 44.0 Å². The quantitative estimate of drug-likeness (QED) is 0.541. The van der Waals surface area contributed by atoms with Crippen molar-refractivity contribution in [2.75, 3.05) is 10.5 Å². The average Bonchev–Trinajstić information content (AvgIpc) is 3.05. The van der Waals surface area contributed by atoms with Gasteiger partial charge in [0.25, 0.3) is 0 Å². The molecule has 4 unspecified atom stereocenters. The fraction of sp³-hybridized carbons (Fsp3) is 0.588. The highest BCUT2D eigenvalue weighted by Gasteiger charge is 2.64. The van der Waals surface area contributed by atoms with Gasteiger partial charge in [0.1, 0.15) is 6.10 Å². The molecule has 1 aromatic carbocycles. The zero-order valence-corrected chi connectivity index (χ0v) is 14.7. The first-order chi connectivity index (χ1) is 11.9. The molecule has 0 radical (unpaired) electrons. The smallest absolute Gasteiger partial charge is 0.338 e. The SMILES string of the molecule is CC1(O)CC2C(CC1OC(=O)c1cc(N([O-])[O-])cc(N(O)O)c1)C2(C)C. The second-order valence-corrected chi connectivity index (χ2v) is 8.01. The molecular weight excluding hydrogens is 344 g/mol. The number of esters is 1. The maximum Gasteiger partial charge on any atom is 0.338 e. The molecule has 2 aliphatic carbocycles. The van der Waals surface area contributed by atoms with E-state index in [1.807, 2.05) is 0 Å². The van der Waals surface area contributed by atoms with Crippen LogP contribution in [0.15, 0.2) is 18.2 Å². The third kappa shape index (κ3) is 3.24. The molecule has 3 rings (SSSR count). The van der Waals surface area contributed by atoms with E-state index in [2.05, 4.69) is 13.8 Å². The highest BCUT2D eigenvalue weighted by Crippen LogP contribution is 2.66. The van der Waals surface area contributed by atoms with Crippen molar-refractivity contribution in [2.24, 2.45) is 17.3 Å². The highest BCUT2D eigenvalue weighted by atomic mass is 16.8. The second-order valence-electron chi connectivity index (χ2n) is 8.01. The Hall–Kier alpha value is -1.91. The zero-order chi connectivity index (χ0) is 19.4. The van der Waals surface area contributed by atoms with Crippen molar-refractivity contribution in [3.63, 3.8) is 0 Å². The van der Waals surface area contributed by atoms with E-state index in [0.717, 1.165) is 18.2 Å². The summed E-state index contributed by atoms with van der Waals surface area (Å²) < 4.78 is 5.46. The maximum atomic E-state index is 12.5. The van der Waals surface area contributed by atoms with Crippen LogP contribution in [0, 0.1) is 27.7 Å². The molecule has 0 aromatic heterocycles. The predicted molar refractivity (Wildman–Crippen MR) is 91.5 cm³/mol. The van der Waals surface area contributed by atoms with Crippen LogP contribution in [0.5, 0.6) is 0 Å². The molecule has 26 heavy (non-hydrogen) atoms. The minimum Gasteiger partial charge on any atom is -0.769 e. The molecular formula is C17H22N2O7-2. The van der Waals surface area contributed by atoms with Crippen molar-refractivity contribution in [3.05, 3.63) is 34.2 Å². The Morgan fingerprint density at radius 2 is 1.77 bits per heavy atom. The average molecular weight is 366 g/mol. The minimum atomic E-state index is -1.19. The third-order valence-electron chi connectivity index (χ3n) is 5.91. The molecule has 9 heteroatoms. The van der Waals surface area contributed by atoms with Crippen molar-refractivity contribution in [1.82, 2.24) is 0 Å². The van der Waals surface area contributed by atoms with E-state index in [1.54, 1.807) is 6.92 Å². The first-order valence-electron chi connectivity index (χ1n) is 8.34. The third-order valence-corrected chi connectivity index (χ3v) is 5.91. The van der Waals surface area contributed by atoms with Crippen LogP contribution in [0.2, 0.25) is 0 Å². The van der Waals surface area contributed by atoms with Gasteiger partial charge in [-0.1, -0.05) is 13.8 Å². The van der Waals surface area contributed by atoms with E-state index in [1.165, 1.54) is 0 Å². The predicted octanol–water partition coefficient (Wildman–Crippen LogP) is 2.42. The fourth-order valence-corrected chi connectivity index (χ4v) is 4.10. The fourth-order valence-electron chi connectivity index (χ4n) is 4.10. The zero-order valence-electron chi connectivity index (χ0n) is 14.7. The van der Waals surface area contributed by atoms with Crippen LogP contribution in [0.4, 0.5) is 11.4 Å². The van der Waals surface area contributed by atoms with E-state index >= 15 is 0 Å². The molecule has 0 heterocycles. The molecule has 2 saturated carbocycles. The van der Waals surface area contributed by atoms with Gasteiger partial charge in [-0.15, -0.1) is 5.23 Å². The van der Waals surface area contributed by atoms with E-state index in [-0.39, 0.29) is 21.9 Å². The second kappa shape index (κ2) is 6.07. The van der Waals surface area contributed by atoms with Crippen LogP contribution in [0.25, 0.3) is 0 Å². The van der Waals surface area contributed by atoms with Gasteiger partial charge in [0.15, 0.2) is 0 Å². The molecule has 2 aliphatic rings. The van der Waals surface area contributed by atoms with Crippen molar-refractivity contribution in [3.8, 4) is 0 Å². The van der Waals surface area contributed by atoms with Crippen LogP contribution >= 0.6 is 0 Å². The number of nitrogens with zero attached hydrogens (tertiary/aromatic N) is 2. The van der Waals surface area contributed by atoms with E-state index in [0.29, 0.717) is 24.7 Å². The normalized spacial score (nSPS) is 31.8. The topological polar surface area (TPSA) is 140 Å². The lowest BCUT2D eigenvalue weighted by molar-refractivity contribution is -0.0986. The van der Waals surface area contributed by atoms with Gasteiger partial charge in [-0.25, -0.2) is 4.79 Å². The number of hydrogen-bond acceptors (Lipinski definition) is 9. The summed E-state index contributed by atoms with van der Waals surface area (Å²) in [7, 11) is 0. The van der Waals surface area contributed by atoms with Crippen molar-refractivity contribution in [2.45, 2.75) is 45.3 Å². The Morgan fingerprint density at radius 3 is 2.35 bits per heavy atom. The lowest BCUT2D eigenvalue weighted by Crippen LogP contribution is -2.45. The summed E-state index contributed by atoms with van der Waals surface area (Å²) in [4.78, 5) is 12.5. The largest absolute Gasteiger partial charge is 0.769 e. The Labute approximate surface area is 150 Å². The lowest BCUT2D eigenvalue weighted by Gasteiger charge is -2.38. The van der Waals surface area contributed by atoms with Crippen molar-refractivity contribution in [1.29, 1.82) is 0 Å². The van der Waals surface area contributed by atoms with Gasteiger partial charge in [0, 0.05) is 5.69 Å². The molecule has 1 aromatic rings. The van der Waals surface area contributed by atoms with Crippen LogP contribution in [-0.2, 0) is 4.74 Å². The maximum absolute atomic E-state index is 12.5. The standard InChI is InChI=1S/C17H22N2O7/c1-16(2)12-7-14(17(3,21)8-13(12)16)26-15(20)9-4-10(18(22)23)6-11(5-9)19(24)25/h4-6,12-14,21-23H,7-8H2,1-3H3/q-2. The van der Waals surface area contributed by atoms with E-state index in [9.17, 15) is 20.3 Å². The van der Waals surface area contributed by atoms with Gasteiger partial charge in [-0.3, -0.25) is 10.4 Å². The number of rotatable bonds is 4. The number of carbonyl (C=O) groups excluding carboxylic acids is 1. The van der Waals surface area contributed by atoms with Crippen LogP contribution in [0.3, 0.4) is 0 Å². The minimum absolute atomic E-state index is 0.0954. The van der Waals surface area contributed by atoms with Gasteiger partial charge in [-0.05, 0) is 55.2 Å². The Morgan fingerprint density at radius 1 is 1.15 bits per heavy atom. The molecule has 0 aliphatic heterocycles. The molecule has 144 valence electrons. The van der Waals surface area contributed by atoms with Gasteiger partial charge in [0.2, 0.25) is 0 Å². The number of ether oxygens (including phenoxy) is 1. The summed E-state index contributed by atoms with van der Waals surface area (Å²) in [5.41, 5.74) is -2.12. The lowest BCUT2D eigenvalue weighted by atomic mass is 9.83. The molecule has 4 atom stereocenters. The Kier molecular flexibility index (Phi) is 4.40. The first kappa shape index (κ1) is 18.9. The summed E-state index contributed by atoms with van der Waals surface area (Å²) in [6.45, 7) is 5.86. The number of anilines is 2. The molecule has 2 fully saturated rings. The van der Waals surface area contributed by atoms with Gasteiger partial charge in [0.05, 0.1) is 16.9 Å². The summed E-state index contributed by atoms with van der Waals surface area (Å²) in [5, 5.41) is 49.8. The van der Waals surface area contributed by atoms with Gasteiger partial charge >= 0.3 is 5.97 Å². The molecule has 3 N–H and O–H groups in total. The van der Waals surface area contributed by atoms with Gasteiger partial charge in [-0.2, -0.15) is 0 Å². The number of benzene rings is 1. The number of aliphatic hydroxyl groups is 1. The summed E-state index contributed by atoms with van der Waals surface area (Å²) in [6.07, 6.45) is 0.300.